The van der Waals surface area contributed by atoms with Crippen LogP contribution in [0.4, 0.5) is 0 Å². The van der Waals surface area contributed by atoms with Gasteiger partial charge in [-0.25, -0.2) is 0 Å². The first-order chi connectivity index (χ1) is 9.83. The second kappa shape index (κ2) is 3.55. The zero-order valence-electron chi connectivity index (χ0n) is 11.6. The van der Waals surface area contributed by atoms with Gasteiger partial charge in [-0.1, -0.05) is 60.7 Å². The van der Waals surface area contributed by atoms with Crippen LogP contribution in [0.3, 0.4) is 0 Å². The Morgan fingerprint density at radius 2 is 1.25 bits per heavy atom. The zero-order valence-corrected chi connectivity index (χ0v) is 12.6. The molecule has 0 radical (unpaired) electrons. The minimum atomic E-state index is 0.516. The predicted molar refractivity (Wildman–Crippen MR) is 85.8 cm³/mol. The molecule has 0 bridgehead atoms. The van der Waals surface area contributed by atoms with Crippen LogP contribution in [0, 0.1) is 0 Å². The Labute approximate surface area is 122 Å². The highest BCUT2D eigenvalue weighted by Gasteiger charge is 2.84. The van der Waals surface area contributed by atoms with Crippen molar-refractivity contribution in [3.8, 4) is 0 Å². The Hall–Kier alpha value is -1.13. The lowest BCUT2D eigenvalue weighted by Gasteiger charge is -2.49. The van der Waals surface area contributed by atoms with Crippen LogP contribution in [-0.4, -0.2) is 5.16 Å². The van der Waals surface area contributed by atoms with Gasteiger partial charge in [0.15, 0.2) is 0 Å². The van der Waals surface area contributed by atoms with E-state index < -0.39 is 0 Å². The Morgan fingerprint density at radius 3 is 1.85 bits per heavy atom. The maximum atomic E-state index is 2.38. The summed E-state index contributed by atoms with van der Waals surface area (Å²) in [4.78, 5) is 0. The molecule has 0 aromatic heterocycles. The molecule has 2 saturated carbocycles. The highest BCUT2D eigenvalue weighted by Crippen LogP contribution is 2.94. The van der Waals surface area contributed by atoms with Gasteiger partial charge in [-0.15, -0.1) is 8.58 Å². The topological polar surface area (TPSA) is 0 Å². The van der Waals surface area contributed by atoms with Gasteiger partial charge in [-0.3, -0.25) is 0 Å². The molecule has 0 nitrogen and oxygen atoms in total. The van der Waals surface area contributed by atoms with Crippen molar-refractivity contribution in [2.45, 2.75) is 41.4 Å². The van der Waals surface area contributed by atoms with Crippen LogP contribution in [-0.2, 0) is 10.6 Å². The molecule has 20 heavy (non-hydrogen) atoms. The average Bonchev–Trinajstić information content (AvgIpc) is 3.18. The molecular weight excluding hydrogens is 259 g/mol. The molecule has 3 aliphatic rings. The molecule has 100 valence electrons. The van der Waals surface area contributed by atoms with Gasteiger partial charge in [0.05, 0.1) is 0 Å². The summed E-state index contributed by atoms with van der Waals surface area (Å²) in [5, 5.41) is 1.17. The lowest BCUT2D eigenvalue weighted by atomic mass is 9.56. The molecule has 2 aromatic rings. The lowest BCUT2D eigenvalue weighted by Crippen LogP contribution is -2.49. The van der Waals surface area contributed by atoms with Gasteiger partial charge in [-0.2, -0.15) is 0 Å². The summed E-state index contributed by atoms with van der Waals surface area (Å²) in [6.45, 7) is 0. The standard InChI is InChI=1S/C19H19P/c1-3-7-15(8-4-1)17-11-13-18(16-9-5-2-6-10-16)19(17,20-18)14-12-17/h1-10,20H,11-14H2. The summed E-state index contributed by atoms with van der Waals surface area (Å²) in [7, 11) is 1.15. The molecule has 2 aliphatic carbocycles. The molecule has 1 saturated heterocycles. The Morgan fingerprint density at radius 1 is 0.650 bits per heavy atom. The molecular formula is C19H19P. The largest absolute Gasteiger partial charge is 0.101 e. The highest BCUT2D eigenvalue weighted by molar-refractivity contribution is 7.51. The van der Waals surface area contributed by atoms with E-state index in [-0.39, 0.29) is 0 Å². The van der Waals surface area contributed by atoms with Crippen LogP contribution in [0.2, 0.25) is 0 Å². The van der Waals surface area contributed by atoms with E-state index in [2.05, 4.69) is 60.7 Å². The first-order valence-electron chi connectivity index (χ1n) is 7.74. The molecule has 4 atom stereocenters. The third-order valence-electron chi connectivity index (χ3n) is 6.36. The van der Waals surface area contributed by atoms with E-state index >= 15 is 0 Å². The Balaban J connectivity index is 1.62. The molecule has 1 aliphatic heterocycles. The fraction of sp³-hybridized carbons (Fsp3) is 0.368. The van der Waals surface area contributed by atoms with Crippen molar-refractivity contribution in [3.05, 3.63) is 71.8 Å². The van der Waals surface area contributed by atoms with E-state index in [4.69, 9.17) is 0 Å². The maximum absolute atomic E-state index is 2.38. The van der Waals surface area contributed by atoms with Crippen LogP contribution in [0.15, 0.2) is 60.7 Å². The van der Waals surface area contributed by atoms with Gasteiger partial charge >= 0.3 is 0 Å². The summed E-state index contributed by atoms with van der Waals surface area (Å²) in [5.74, 6) is 0. The second-order valence-electron chi connectivity index (χ2n) is 6.75. The molecule has 1 spiro atoms. The first kappa shape index (κ1) is 11.5. The lowest BCUT2D eigenvalue weighted by molar-refractivity contribution is 0.206. The third kappa shape index (κ3) is 1.07. The van der Waals surface area contributed by atoms with Gasteiger partial charge < -0.3 is 0 Å². The molecule has 0 amide bonds. The molecule has 3 fully saturated rings. The fourth-order valence-electron chi connectivity index (χ4n) is 5.31. The van der Waals surface area contributed by atoms with Crippen molar-refractivity contribution in [1.82, 2.24) is 0 Å². The normalized spacial score (nSPS) is 41.8. The van der Waals surface area contributed by atoms with Crippen molar-refractivity contribution < 1.29 is 0 Å². The van der Waals surface area contributed by atoms with Crippen LogP contribution in [0.5, 0.6) is 0 Å². The van der Waals surface area contributed by atoms with Crippen LogP contribution >= 0.6 is 8.58 Å². The van der Waals surface area contributed by atoms with E-state index in [9.17, 15) is 0 Å². The molecule has 2 aromatic carbocycles. The van der Waals surface area contributed by atoms with Crippen molar-refractivity contribution in [2.75, 3.05) is 0 Å². The number of hydrogen-bond donors (Lipinski definition) is 0. The van der Waals surface area contributed by atoms with Crippen molar-refractivity contribution in [1.29, 1.82) is 0 Å². The van der Waals surface area contributed by atoms with Crippen LogP contribution in [0.25, 0.3) is 0 Å². The molecule has 1 heterocycles. The van der Waals surface area contributed by atoms with E-state index in [0.29, 0.717) is 15.7 Å². The molecule has 1 heteroatoms. The number of hydrogen-bond acceptors (Lipinski definition) is 0. The quantitative estimate of drug-likeness (QED) is 0.690. The van der Waals surface area contributed by atoms with Gasteiger partial charge in [0.2, 0.25) is 0 Å². The first-order valence-corrected chi connectivity index (χ1v) is 8.74. The van der Waals surface area contributed by atoms with Crippen molar-refractivity contribution >= 4 is 8.58 Å². The SMILES string of the molecule is c1ccc(C23CCC4(c5ccccc5)PC24CC3)cc1. The van der Waals surface area contributed by atoms with E-state index in [1.165, 1.54) is 25.7 Å². The monoisotopic (exact) mass is 278 g/mol. The van der Waals surface area contributed by atoms with Crippen LogP contribution < -0.4 is 0 Å². The van der Waals surface area contributed by atoms with Gasteiger partial charge in [0, 0.05) is 15.7 Å². The van der Waals surface area contributed by atoms with E-state index in [1.54, 1.807) is 11.1 Å². The van der Waals surface area contributed by atoms with Gasteiger partial charge in [0.25, 0.3) is 0 Å². The molecule has 0 N–H and O–H groups in total. The van der Waals surface area contributed by atoms with E-state index in [1.807, 2.05) is 0 Å². The maximum Gasteiger partial charge on any atom is 0.0234 e. The summed E-state index contributed by atoms with van der Waals surface area (Å²) in [6, 6.07) is 22.7. The smallest absolute Gasteiger partial charge is 0.0234 e. The third-order valence-corrected chi connectivity index (χ3v) is 9.08. The fourth-order valence-corrected chi connectivity index (χ4v) is 8.05. The highest BCUT2D eigenvalue weighted by atomic mass is 31.1. The Bertz CT molecular complexity index is 661. The molecule has 5 rings (SSSR count). The minimum absolute atomic E-state index is 0.516. The van der Waals surface area contributed by atoms with E-state index in [0.717, 1.165) is 8.58 Å². The van der Waals surface area contributed by atoms with Gasteiger partial charge in [-0.05, 0) is 36.8 Å². The van der Waals surface area contributed by atoms with Gasteiger partial charge in [0.1, 0.15) is 0 Å². The number of benzene rings is 2. The zero-order chi connectivity index (χ0) is 13.3. The summed E-state index contributed by atoms with van der Waals surface area (Å²) >= 11 is 0. The summed E-state index contributed by atoms with van der Waals surface area (Å²) in [5.41, 5.74) is 3.76. The van der Waals surface area contributed by atoms with Crippen molar-refractivity contribution in [2.24, 2.45) is 0 Å². The number of rotatable bonds is 2. The predicted octanol–water partition coefficient (Wildman–Crippen LogP) is 4.84. The minimum Gasteiger partial charge on any atom is -0.101 e. The average molecular weight is 278 g/mol. The second-order valence-corrected chi connectivity index (χ2v) is 8.71. The summed E-state index contributed by atoms with van der Waals surface area (Å²) < 4.78 is 0. The van der Waals surface area contributed by atoms with Crippen molar-refractivity contribution in [3.63, 3.8) is 0 Å². The van der Waals surface area contributed by atoms with Crippen LogP contribution in [0.1, 0.15) is 36.8 Å². The molecule has 4 unspecified atom stereocenters. The summed E-state index contributed by atoms with van der Waals surface area (Å²) in [6.07, 6.45) is 5.68. The Kier molecular flexibility index (Phi) is 2.04.